The number of hydrogen-bond acceptors (Lipinski definition) is 5. The van der Waals surface area contributed by atoms with E-state index in [4.69, 9.17) is 39.8 Å². The first-order valence-electron chi connectivity index (χ1n) is 8.21. The number of anilines is 1. The number of halogens is 3. The van der Waals surface area contributed by atoms with Gasteiger partial charge in [0.15, 0.2) is 15.0 Å². The molecule has 27 heavy (non-hydrogen) atoms. The van der Waals surface area contributed by atoms with Gasteiger partial charge in [0.2, 0.25) is 0 Å². The molecular formula is C18H15Cl3N2O2S2. The number of amidine groups is 1. The van der Waals surface area contributed by atoms with Gasteiger partial charge in [-0.15, -0.1) is 0 Å². The summed E-state index contributed by atoms with van der Waals surface area (Å²) >= 11 is 20.0. The lowest BCUT2D eigenvalue weighted by molar-refractivity contribution is 0.601. The Balaban J connectivity index is 1.65. The molecule has 2 unspecified atom stereocenters. The summed E-state index contributed by atoms with van der Waals surface area (Å²) in [6.07, 6.45) is 0. The van der Waals surface area contributed by atoms with Crippen LogP contribution in [0.1, 0.15) is 5.56 Å². The Morgan fingerprint density at radius 3 is 2.48 bits per heavy atom. The summed E-state index contributed by atoms with van der Waals surface area (Å²) in [7, 11) is -3.10. The predicted molar refractivity (Wildman–Crippen MR) is 115 cm³/mol. The lowest BCUT2D eigenvalue weighted by Crippen LogP contribution is -2.39. The molecule has 0 saturated carbocycles. The summed E-state index contributed by atoms with van der Waals surface area (Å²) in [5, 5.41) is 2.46. The summed E-state index contributed by atoms with van der Waals surface area (Å²) in [5.74, 6) is 0.826. The predicted octanol–water partition coefficient (Wildman–Crippen LogP) is 4.92. The fraction of sp³-hybridized carbons (Fsp3) is 0.278. The number of rotatable bonds is 3. The van der Waals surface area contributed by atoms with Crippen LogP contribution in [0.4, 0.5) is 5.69 Å². The molecule has 2 aliphatic rings. The average molecular weight is 462 g/mol. The van der Waals surface area contributed by atoms with Crippen LogP contribution in [0.15, 0.2) is 47.5 Å². The molecule has 2 aromatic carbocycles. The Kier molecular flexibility index (Phi) is 5.38. The molecule has 2 heterocycles. The van der Waals surface area contributed by atoms with Crippen LogP contribution in [-0.4, -0.2) is 37.2 Å². The Bertz CT molecular complexity index is 1010. The zero-order valence-electron chi connectivity index (χ0n) is 14.0. The molecular weight excluding hydrogens is 447 g/mol. The number of benzene rings is 2. The molecule has 0 aromatic heterocycles. The fourth-order valence-corrected chi connectivity index (χ4v) is 7.03. The minimum absolute atomic E-state index is 0.0731. The average Bonchev–Trinajstić information content (AvgIpc) is 3.03. The van der Waals surface area contributed by atoms with Gasteiger partial charge in [-0.2, -0.15) is 0 Å². The van der Waals surface area contributed by atoms with Gasteiger partial charge in [-0.1, -0.05) is 58.7 Å². The normalized spacial score (nSPS) is 23.4. The topological polar surface area (TPSA) is 49.7 Å². The SMILES string of the molecule is O=S1(=O)CC2N=C(SCc3cccc(Cl)c3)N(c3cc(Cl)cc(Cl)c3)C2C1. The highest BCUT2D eigenvalue weighted by Gasteiger charge is 2.47. The number of fused-ring (bicyclic) bond motifs is 1. The summed E-state index contributed by atoms with van der Waals surface area (Å²) in [4.78, 5) is 6.67. The van der Waals surface area contributed by atoms with Crippen LogP contribution < -0.4 is 4.90 Å². The van der Waals surface area contributed by atoms with Crippen molar-refractivity contribution in [2.45, 2.75) is 17.8 Å². The molecule has 1 saturated heterocycles. The van der Waals surface area contributed by atoms with Gasteiger partial charge in [0.25, 0.3) is 0 Å². The van der Waals surface area contributed by atoms with Gasteiger partial charge in [0, 0.05) is 26.5 Å². The van der Waals surface area contributed by atoms with E-state index in [2.05, 4.69) is 0 Å². The second-order valence-electron chi connectivity index (χ2n) is 6.54. The highest BCUT2D eigenvalue weighted by molar-refractivity contribution is 8.13. The molecule has 0 amide bonds. The number of hydrogen-bond donors (Lipinski definition) is 0. The van der Waals surface area contributed by atoms with E-state index in [9.17, 15) is 8.42 Å². The standard InChI is InChI=1S/C18H15Cl3N2O2S2/c19-12-3-1-2-11(4-12)8-26-18-22-16-9-27(24,25)10-17(16)23(18)15-6-13(20)5-14(21)7-15/h1-7,16-17H,8-10H2. The maximum absolute atomic E-state index is 12.1. The molecule has 142 valence electrons. The van der Waals surface area contributed by atoms with Crippen molar-refractivity contribution in [2.24, 2.45) is 4.99 Å². The third kappa shape index (κ3) is 4.25. The van der Waals surface area contributed by atoms with Crippen molar-refractivity contribution in [2.75, 3.05) is 16.4 Å². The molecule has 0 aliphatic carbocycles. The molecule has 4 nitrogen and oxygen atoms in total. The molecule has 0 N–H and O–H groups in total. The molecule has 0 bridgehead atoms. The molecule has 0 radical (unpaired) electrons. The highest BCUT2D eigenvalue weighted by atomic mass is 35.5. The second kappa shape index (κ2) is 7.48. The van der Waals surface area contributed by atoms with E-state index in [1.165, 1.54) is 0 Å². The van der Waals surface area contributed by atoms with Crippen LogP contribution in [0.5, 0.6) is 0 Å². The van der Waals surface area contributed by atoms with Gasteiger partial charge in [0.05, 0.1) is 23.6 Å². The summed E-state index contributed by atoms with van der Waals surface area (Å²) in [6, 6.07) is 12.4. The molecule has 2 aliphatic heterocycles. The van der Waals surface area contributed by atoms with Crippen LogP contribution in [0.25, 0.3) is 0 Å². The molecule has 1 fully saturated rings. The maximum atomic E-state index is 12.1. The Hall–Kier alpha value is -0.920. The molecule has 9 heteroatoms. The minimum atomic E-state index is -3.10. The lowest BCUT2D eigenvalue weighted by Gasteiger charge is -2.27. The zero-order valence-corrected chi connectivity index (χ0v) is 17.9. The van der Waals surface area contributed by atoms with Crippen molar-refractivity contribution < 1.29 is 8.42 Å². The number of sulfone groups is 1. The van der Waals surface area contributed by atoms with Crippen LogP contribution in [0.2, 0.25) is 15.1 Å². The van der Waals surface area contributed by atoms with Crippen LogP contribution in [0.3, 0.4) is 0 Å². The highest BCUT2D eigenvalue weighted by Crippen LogP contribution is 2.38. The monoisotopic (exact) mass is 460 g/mol. The number of aliphatic imine (C=N–C) groups is 1. The van der Waals surface area contributed by atoms with E-state index in [1.807, 2.05) is 29.2 Å². The van der Waals surface area contributed by atoms with Gasteiger partial charge >= 0.3 is 0 Å². The number of nitrogens with zero attached hydrogens (tertiary/aromatic N) is 2. The maximum Gasteiger partial charge on any atom is 0.164 e. The Labute approximate surface area is 177 Å². The van der Waals surface area contributed by atoms with Gasteiger partial charge in [-0.3, -0.25) is 4.99 Å². The van der Waals surface area contributed by atoms with E-state index in [0.29, 0.717) is 20.8 Å². The summed E-state index contributed by atoms with van der Waals surface area (Å²) in [5.41, 5.74) is 1.83. The third-order valence-corrected chi connectivity index (χ3v) is 7.90. The van der Waals surface area contributed by atoms with Crippen molar-refractivity contribution in [1.29, 1.82) is 0 Å². The van der Waals surface area contributed by atoms with Crippen LogP contribution in [-0.2, 0) is 15.6 Å². The van der Waals surface area contributed by atoms with E-state index in [0.717, 1.165) is 16.4 Å². The smallest absolute Gasteiger partial charge is 0.164 e. The second-order valence-corrected chi connectivity index (χ2v) is 10.9. The molecule has 2 atom stereocenters. The molecule has 4 rings (SSSR count). The quantitative estimate of drug-likeness (QED) is 0.651. The van der Waals surface area contributed by atoms with E-state index in [1.54, 1.807) is 30.0 Å². The van der Waals surface area contributed by atoms with E-state index >= 15 is 0 Å². The third-order valence-electron chi connectivity index (χ3n) is 4.49. The Morgan fingerprint density at radius 2 is 1.78 bits per heavy atom. The molecule has 2 aromatic rings. The van der Waals surface area contributed by atoms with Crippen molar-refractivity contribution >= 4 is 67.3 Å². The van der Waals surface area contributed by atoms with Crippen molar-refractivity contribution in [3.05, 3.63) is 63.1 Å². The summed E-state index contributed by atoms with van der Waals surface area (Å²) in [6.45, 7) is 0. The first-order chi connectivity index (χ1) is 12.8. The zero-order chi connectivity index (χ0) is 19.2. The van der Waals surface area contributed by atoms with Crippen LogP contribution >= 0.6 is 46.6 Å². The van der Waals surface area contributed by atoms with Gasteiger partial charge in [-0.05, 0) is 35.9 Å². The largest absolute Gasteiger partial charge is 0.315 e. The van der Waals surface area contributed by atoms with Gasteiger partial charge in [0.1, 0.15) is 0 Å². The minimum Gasteiger partial charge on any atom is -0.315 e. The van der Waals surface area contributed by atoms with Crippen molar-refractivity contribution in [3.8, 4) is 0 Å². The van der Waals surface area contributed by atoms with E-state index in [-0.39, 0.29) is 23.6 Å². The molecule has 0 spiro atoms. The van der Waals surface area contributed by atoms with E-state index < -0.39 is 9.84 Å². The fourth-order valence-electron chi connectivity index (χ4n) is 3.39. The first-order valence-corrected chi connectivity index (χ1v) is 12.2. The van der Waals surface area contributed by atoms with Crippen LogP contribution in [0, 0.1) is 0 Å². The lowest BCUT2D eigenvalue weighted by atomic mass is 10.1. The first kappa shape index (κ1) is 19.4. The number of thioether (sulfide) groups is 1. The summed E-state index contributed by atoms with van der Waals surface area (Å²) < 4.78 is 24.2. The van der Waals surface area contributed by atoms with Crippen molar-refractivity contribution in [1.82, 2.24) is 0 Å². The Morgan fingerprint density at radius 1 is 1.04 bits per heavy atom. The van der Waals surface area contributed by atoms with Gasteiger partial charge in [-0.25, -0.2) is 8.42 Å². The van der Waals surface area contributed by atoms with Crippen molar-refractivity contribution in [3.63, 3.8) is 0 Å². The van der Waals surface area contributed by atoms with Gasteiger partial charge < -0.3 is 4.90 Å².